The number of amides is 1. The molecule has 0 spiro atoms. The number of methoxy groups -OCH3 is 2. The molecule has 0 unspecified atom stereocenters. The zero-order chi connectivity index (χ0) is 24.1. The lowest BCUT2D eigenvalue weighted by Gasteiger charge is -2.14. The molecule has 2 aromatic carbocycles. The standard InChI is InChI=1S/C23H21ClN4O6/c1-25-19(29)10-32-6-4-5-13-7-15(24)20(22-21(13)33-12-34-22)28-23-14-8-17(30-2)18(31-3)9-16(14)26-11-27-23/h7-9,11H,6,10,12H2,1-3H3,(H,25,29)(H,26,27,28). The maximum absolute atomic E-state index is 11.2. The first-order valence-electron chi connectivity index (χ1n) is 10.1. The number of hydrogen-bond donors (Lipinski definition) is 2. The second-order valence-electron chi connectivity index (χ2n) is 6.89. The zero-order valence-electron chi connectivity index (χ0n) is 18.7. The number of aromatic nitrogens is 2. The zero-order valence-corrected chi connectivity index (χ0v) is 19.4. The molecular formula is C23H21ClN4O6. The molecule has 0 bridgehead atoms. The molecule has 3 aromatic rings. The van der Waals surface area contributed by atoms with Crippen molar-refractivity contribution in [2.24, 2.45) is 0 Å². The van der Waals surface area contributed by atoms with Crippen LogP contribution in [0.1, 0.15) is 5.56 Å². The third kappa shape index (κ3) is 4.71. The van der Waals surface area contributed by atoms with Gasteiger partial charge in [0.15, 0.2) is 23.0 Å². The fourth-order valence-electron chi connectivity index (χ4n) is 3.25. The first-order chi connectivity index (χ1) is 16.5. The summed E-state index contributed by atoms with van der Waals surface area (Å²) in [4.78, 5) is 19.9. The van der Waals surface area contributed by atoms with Gasteiger partial charge in [0, 0.05) is 18.5 Å². The van der Waals surface area contributed by atoms with Gasteiger partial charge in [-0.2, -0.15) is 0 Å². The van der Waals surface area contributed by atoms with Gasteiger partial charge in [0.2, 0.25) is 12.7 Å². The summed E-state index contributed by atoms with van der Waals surface area (Å²) in [5, 5.41) is 6.74. The van der Waals surface area contributed by atoms with Crippen molar-refractivity contribution < 1.29 is 28.5 Å². The van der Waals surface area contributed by atoms with Crippen LogP contribution in [-0.2, 0) is 9.53 Å². The number of halogens is 1. The Bertz CT molecular complexity index is 1300. The first-order valence-corrected chi connectivity index (χ1v) is 10.5. The molecule has 0 fully saturated rings. The number of carbonyl (C=O) groups is 1. The number of benzene rings is 2. The Hall–Kier alpha value is -3.94. The van der Waals surface area contributed by atoms with E-state index in [1.54, 1.807) is 32.4 Å². The number of carbonyl (C=O) groups excluding carboxylic acids is 1. The first kappa shape index (κ1) is 23.2. The van der Waals surface area contributed by atoms with Crippen molar-refractivity contribution in [3.8, 4) is 34.8 Å². The van der Waals surface area contributed by atoms with E-state index in [1.165, 1.54) is 13.4 Å². The highest BCUT2D eigenvalue weighted by Gasteiger charge is 2.25. The second kappa shape index (κ2) is 10.3. The Balaban J connectivity index is 1.65. The van der Waals surface area contributed by atoms with Gasteiger partial charge in [0.05, 0.1) is 30.3 Å². The molecule has 176 valence electrons. The third-order valence-corrected chi connectivity index (χ3v) is 5.19. The molecule has 0 atom stereocenters. The summed E-state index contributed by atoms with van der Waals surface area (Å²) < 4.78 is 27.3. The molecule has 2 heterocycles. The van der Waals surface area contributed by atoms with Gasteiger partial charge >= 0.3 is 0 Å². The van der Waals surface area contributed by atoms with Crippen LogP contribution in [0.2, 0.25) is 5.02 Å². The summed E-state index contributed by atoms with van der Waals surface area (Å²) in [5.74, 6) is 8.00. The Morgan fingerprint density at radius 3 is 2.68 bits per heavy atom. The molecule has 11 heteroatoms. The van der Waals surface area contributed by atoms with Crippen molar-refractivity contribution in [1.29, 1.82) is 0 Å². The minimum absolute atomic E-state index is 0.0156. The van der Waals surface area contributed by atoms with Crippen molar-refractivity contribution in [3.05, 3.63) is 35.1 Å². The van der Waals surface area contributed by atoms with Crippen molar-refractivity contribution in [1.82, 2.24) is 15.3 Å². The molecule has 34 heavy (non-hydrogen) atoms. The topological polar surface area (TPSA) is 113 Å². The lowest BCUT2D eigenvalue weighted by atomic mass is 10.1. The molecule has 0 saturated heterocycles. The highest BCUT2D eigenvalue weighted by Crippen LogP contribution is 2.47. The van der Waals surface area contributed by atoms with E-state index in [4.69, 9.17) is 35.3 Å². The molecule has 0 aliphatic carbocycles. The number of anilines is 2. The van der Waals surface area contributed by atoms with Crippen LogP contribution in [0.25, 0.3) is 10.9 Å². The van der Waals surface area contributed by atoms with Gasteiger partial charge in [0.1, 0.15) is 31.0 Å². The number of fused-ring (bicyclic) bond motifs is 2. The fraction of sp³-hybridized carbons (Fsp3) is 0.261. The Kier molecular flexibility index (Phi) is 7.06. The highest BCUT2D eigenvalue weighted by atomic mass is 35.5. The predicted molar refractivity (Wildman–Crippen MR) is 125 cm³/mol. The van der Waals surface area contributed by atoms with E-state index in [0.717, 1.165) is 0 Å². The minimum Gasteiger partial charge on any atom is -0.493 e. The molecule has 2 N–H and O–H groups in total. The van der Waals surface area contributed by atoms with Crippen molar-refractivity contribution in [3.63, 3.8) is 0 Å². The van der Waals surface area contributed by atoms with Gasteiger partial charge in [-0.1, -0.05) is 23.4 Å². The molecule has 1 aliphatic rings. The molecule has 1 amide bonds. The quantitative estimate of drug-likeness (QED) is 0.386. The Labute approximate surface area is 200 Å². The van der Waals surface area contributed by atoms with Crippen LogP contribution in [0.5, 0.6) is 23.0 Å². The van der Waals surface area contributed by atoms with E-state index >= 15 is 0 Å². The van der Waals surface area contributed by atoms with Gasteiger partial charge in [-0.25, -0.2) is 9.97 Å². The van der Waals surface area contributed by atoms with Crippen LogP contribution in [0.3, 0.4) is 0 Å². The number of likely N-dealkylation sites (N-methyl/N-ethyl adjacent to an activating group) is 1. The third-order valence-electron chi connectivity index (χ3n) is 4.89. The average molecular weight is 485 g/mol. The van der Waals surface area contributed by atoms with E-state index in [9.17, 15) is 4.79 Å². The summed E-state index contributed by atoms with van der Waals surface area (Å²) >= 11 is 6.58. The number of ether oxygens (including phenoxy) is 5. The molecule has 1 aliphatic heterocycles. The fourth-order valence-corrected chi connectivity index (χ4v) is 3.49. The largest absolute Gasteiger partial charge is 0.493 e. The summed E-state index contributed by atoms with van der Waals surface area (Å²) in [7, 11) is 4.65. The van der Waals surface area contributed by atoms with Crippen LogP contribution in [0, 0.1) is 11.8 Å². The van der Waals surface area contributed by atoms with Gasteiger partial charge in [-0.15, -0.1) is 0 Å². The molecule has 0 radical (unpaired) electrons. The SMILES string of the molecule is CNC(=O)COCC#Cc1cc(Cl)c(Nc2ncnc3cc(OC)c(OC)cc23)c2c1OCO2. The molecule has 10 nitrogen and oxygen atoms in total. The van der Waals surface area contributed by atoms with Crippen LogP contribution in [-0.4, -0.2) is 57.1 Å². The van der Waals surface area contributed by atoms with Crippen molar-refractivity contribution in [2.45, 2.75) is 0 Å². The summed E-state index contributed by atoms with van der Waals surface area (Å²) in [6.07, 6.45) is 1.43. The summed E-state index contributed by atoms with van der Waals surface area (Å²) in [6, 6.07) is 5.20. The van der Waals surface area contributed by atoms with Crippen LogP contribution >= 0.6 is 11.6 Å². The van der Waals surface area contributed by atoms with Crippen molar-refractivity contribution >= 4 is 39.9 Å². The lowest BCUT2D eigenvalue weighted by Crippen LogP contribution is -2.23. The molecule has 4 rings (SSSR count). The second-order valence-corrected chi connectivity index (χ2v) is 7.29. The molecule has 0 saturated carbocycles. The summed E-state index contributed by atoms with van der Waals surface area (Å²) in [5.41, 5.74) is 1.66. The Morgan fingerprint density at radius 2 is 1.91 bits per heavy atom. The molecule has 1 aromatic heterocycles. The maximum Gasteiger partial charge on any atom is 0.245 e. The number of nitrogens with one attached hydrogen (secondary N) is 2. The Morgan fingerprint density at radius 1 is 1.15 bits per heavy atom. The minimum atomic E-state index is -0.230. The van der Waals surface area contributed by atoms with E-state index in [-0.39, 0.29) is 25.9 Å². The van der Waals surface area contributed by atoms with E-state index in [1.807, 2.05) is 0 Å². The van der Waals surface area contributed by atoms with Crippen LogP contribution in [0.15, 0.2) is 24.5 Å². The monoisotopic (exact) mass is 484 g/mol. The number of hydrogen-bond acceptors (Lipinski definition) is 9. The van der Waals surface area contributed by atoms with Gasteiger partial charge in [-0.05, 0) is 12.1 Å². The summed E-state index contributed by atoms with van der Waals surface area (Å²) in [6.45, 7) is 0.0106. The molecular weight excluding hydrogens is 464 g/mol. The number of nitrogens with zero attached hydrogens (tertiary/aromatic N) is 2. The van der Waals surface area contributed by atoms with Crippen molar-refractivity contribution in [2.75, 3.05) is 46.6 Å². The maximum atomic E-state index is 11.2. The smallest absolute Gasteiger partial charge is 0.245 e. The highest BCUT2D eigenvalue weighted by molar-refractivity contribution is 6.34. The van der Waals surface area contributed by atoms with Gasteiger partial charge in [0.25, 0.3) is 0 Å². The van der Waals surface area contributed by atoms with Gasteiger partial charge < -0.3 is 34.3 Å². The van der Waals surface area contributed by atoms with Gasteiger partial charge in [-0.3, -0.25) is 4.79 Å². The average Bonchev–Trinajstić information content (AvgIpc) is 3.35. The van der Waals surface area contributed by atoms with E-state index in [0.29, 0.717) is 56.0 Å². The lowest BCUT2D eigenvalue weighted by molar-refractivity contribution is -0.124. The predicted octanol–water partition coefficient (Wildman–Crippen LogP) is 2.89. The number of rotatable bonds is 7. The normalized spacial score (nSPS) is 11.5. The van der Waals surface area contributed by atoms with Crippen LogP contribution < -0.4 is 29.6 Å². The van der Waals surface area contributed by atoms with E-state index in [2.05, 4.69) is 32.4 Å². The van der Waals surface area contributed by atoms with E-state index < -0.39 is 0 Å². The van der Waals surface area contributed by atoms with Crippen LogP contribution in [0.4, 0.5) is 11.5 Å².